The minimum atomic E-state index is 1.03. The molecule has 9 heavy (non-hydrogen) atoms. The number of hydrogen-bond acceptors (Lipinski definition) is 0. The molecule has 0 aromatic heterocycles. The molecule has 0 heterocycles. The molecule has 0 rings (SSSR count). The Morgan fingerprint density at radius 2 is 2.00 bits per heavy atom. The smallest absolute Gasteiger partial charge is 0.0328 e. The van der Waals surface area contributed by atoms with Crippen LogP contribution in [-0.2, 0) is 0 Å². The molecule has 1 heteroatoms. The van der Waals surface area contributed by atoms with Crippen LogP contribution in [0.15, 0.2) is 0 Å². The second-order valence-corrected chi connectivity index (χ2v) is 3.74. The first-order chi connectivity index (χ1) is 4.35. The van der Waals surface area contributed by atoms with Crippen LogP contribution in [0.25, 0.3) is 0 Å². The zero-order chi connectivity index (χ0) is 7.11. The average molecular weight is 146 g/mol. The van der Waals surface area contributed by atoms with Gasteiger partial charge < -0.3 is 0 Å². The highest BCUT2D eigenvalue weighted by Crippen LogP contribution is 2.18. The van der Waals surface area contributed by atoms with Gasteiger partial charge in [-0.25, -0.2) is 0 Å². The van der Waals surface area contributed by atoms with Crippen LogP contribution < -0.4 is 0 Å². The van der Waals surface area contributed by atoms with Crippen LogP contribution in [0.1, 0.15) is 33.1 Å². The summed E-state index contributed by atoms with van der Waals surface area (Å²) in [7, 11) is 1.15. The van der Waals surface area contributed by atoms with E-state index in [1.54, 1.807) is 0 Å². The molecule has 0 saturated carbocycles. The summed E-state index contributed by atoms with van der Waals surface area (Å²) in [4.78, 5) is 0. The maximum Gasteiger partial charge on any atom is -0.0328 e. The summed E-state index contributed by atoms with van der Waals surface area (Å²) < 4.78 is 0. The van der Waals surface area contributed by atoms with Crippen molar-refractivity contribution in [2.75, 3.05) is 12.8 Å². The third-order valence-corrected chi connectivity index (χ3v) is 2.75. The third kappa shape index (κ3) is 4.90. The summed E-state index contributed by atoms with van der Waals surface area (Å²) in [6.45, 7) is 6.89. The Morgan fingerprint density at radius 3 is 2.33 bits per heavy atom. The van der Waals surface area contributed by atoms with Crippen LogP contribution >= 0.6 is 8.58 Å². The zero-order valence-electron chi connectivity index (χ0n) is 6.91. The average Bonchev–Trinajstić information content (AvgIpc) is 1.88. The molecule has 0 saturated heterocycles. The molecular formula is C8H19P. The molecule has 0 aromatic rings. The fourth-order valence-corrected chi connectivity index (χ4v) is 2.22. The molecule has 2 atom stereocenters. The lowest BCUT2D eigenvalue weighted by molar-refractivity contribution is 0.516. The standard InChI is InChI=1S/C8H19P/c1-4-6-8(5-2)7-9-3/h8-9H,4-7H2,1-3H3. The van der Waals surface area contributed by atoms with Gasteiger partial charge in [0.05, 0.1) is 0 Å². The fourth-order valence-electron chi connectivity index (χ4n) is 1.15. The van der Waals surface area contributed by atoms with Gasteiger partial charge in [0.15, 0.2) is 0 Å². The monoisotopic (exact) mass is 146 g/mol. The lowest BCUT2D eigenvalue weighted by Crippen LogP contribution is -1.99. The summed E-state index contributed by atoms with van der Waals surface area (Å²) in [5.74, 6) is 1.03. The van der Waals surface area contributed by atoms with Gasteiger partial charge in [-0.15, -0.1) is 8.58 Å². The van der Waals surface area contributed by atoms with Gasteiger partial charge in [-0.3, -0.25) is 0 Å². The van der Waals surface area contributed by atoms with E-state index in [1.165, 1.54) is 25.4 Å². The first-order valence-corrected chi connectivity index (χ1v) is 5.70. The minimum absolute atomic E-state index is 1.03. The second-order valence-electron chi connectivity index (χ2n) is 2.62. The largest absolute Gasteiger partial charge is 0.125 e. The van der Waals surface area contributed by atoms with Crippen LogP contribution in [0, 0.1) is 5.92 Å². The van der Waals surface area contributed by atoms with Crippen molar-refractivity contribution in [1.29, 1.82) is 0 Å². The first-order valence-electron chi connectivity index (χ1n) is 3.99. The topological polar surface area (TPSA) is 0 Å². The maximum atomic E-state index is 2.31. The van der Waals surface area contributed by atoms with Gasteiger partial charge in [-0.05, 0) is 18.7 Å². The molecular weight excluding hydrogens is 127 g/mol. The van der Waals surface area contributed by atoms with Crippen LogP contribution in [0.4, 0.5) is 0 Å². The lowest BCUT2D eigenvalue weighted by Gasteiger charge is -2.10. The van der Waals surface area contributed by atoms with Crippen molar-refractivity contribution in [2.45, 2.75) is 33.1 Å². The highest BCUT2D eigenvalue weighted by molar-refractivity contribution is 7.36. The summed E-state index contributed by atoms with van der Waals surface area (Å²) in [6.07, 6.45) is 5.65. The summed E-state index contributed by atoms with van der Waals surface area (Å²) in [6, 6.07) is 0. The molecule has 0 nitrogen and oxygen atoms in total. The Kier molecular flexibility index (Phi) is 6.86. The van der Waals surface area contributed by atoms with Crippen molar-refractivity contribution in [3.05, 3.63) is 0 Å². The molecule has 0 aliphatic carbocycles. The first kappa shape index (κ1) is 9.43. The summed E-state index contributed by atoms with van der Waals surface area (Å²) in [5.41, 5.74) is 0. The van der Waals surface area contributed by atoms with E-state index in [2.05, 4.69) is 20.5 Å². The van der Waals surface area contributed by atoms with Crippen LogP contribution in [-0.4, -0.2) is 12.8 Å². The van der Waals surface area contributed by atoms with Crippen molar-refractivity contribution in [3.8, 4) is 0 Å². The predicted octanol–water partition coefficient (Wildman–Crippen LogP) is 3.12. The number of rotatable bonds is 5. The van der Waals surface area contributed by atoms with E-state index in [0.717, 1.165) is 14.5 Å². The number of hydrogen-bond donors (Lipinski definition) is 0. The maximum absolute atomic E-state index is 2.31. The summed E-state index contributed by atoms with van der Waals surface area (Å²) >= 11 is 0. The van der Waals surface area contributed by atoms with E-state index in [1.807, 2.05) is 0 Å². The molecule has 0 radical (unpaired) electrons. The Labute approximate surface area is 61.2 Å². The molecule has 0 spiro atoms. The Hall–Kier alpha value is 0.430. The van der Waals surface area contributed by atoms with Gasteiger partial charge in [0.2, 0.25) is 0 Å². The van der Waals surface area contributed by atoms with E-state index in [0.29, 0.717) is 0 Å². The van der Waals surface area contributed by atoms with Gasteiger partial charge in [-0.1, -0.05) is 33.1 Å². The van der Waals surface area contributed by atoms with Crippen LogP contribution in [0.3, 0.4) is 0 Å². The van der Waals surface area contributed by atoms with E-state index < -0.39 is 0 Å². The van der Waals surface area contributed by atoms with Crippen LogP contribution in [0.2, 0.25) is 0 Å². The van der Waals surface area contributed by atoms with E-state index in [4.69, 9.17) is 0 Å². The van der Waals surface area contributed by atoms with E-state index in [9.17, 15) is 0 Å². The van der Waals surface area contributed by atoms with Gasteiger partial charge >= 0.3 is 0 Å². The molecule has 0 N–H and O–H groups in total. The molecule has 0 aliphatic rings. The highest BCUT2D eigenvalue weighted by atomic mass is 31.1. The van der Waals surface area contributed by atoms with Gasteiger partial charge in [-0.2, -0.15) is 0 Å². The molecule has 0 aliphatic heterocycles. The van der Waals surface area contributed by atoms with E-state index in [-0.39, 0.29) is 0 Å². The molecule has 56 valence electrons. The fraction of sp³-hybridized carbons (Fsp3) is 1.00. The molecule has 0 fully saturated rings. The summed E-state index contributed by atoms with van der Waals surface area (Å²) in [5, 5.41) is 0. The van der Waals surface area contributed by atoms with Crippen molar-refractivity contribution in [2.24, 2.45) is 5.92 Å². The SMILES string of the molecule is CCCC(CC)CPC. The van der Waals surface area contributed by atoms with Gasteiger partial charge in [0, 0.05) is 0 Å². The van der Waals surface area contributed by atoms with Gasteiger partial charge in [0.1, 0.15) is 0 Å². The Bertz CT molecular complexity index is 46.5. The Balaban J connectivity index is 3.18. The highest BCUT2D eigenvalue weighted by Gasteiger charge is 2.01. The Morgan fingerprint density at radius 1 is 1.33 bits per heavy atom. The van der Waals surface area contributed by atoms with E-state index >= 15 is 0 Å². The quantitative estimate of drug-likeness (QED) is 0.523. The second kappa shape index (κ2) is 6.55. The molecule has 0 bridgehead atoms. The van der Waals surface area contributed by atoms with Crippen LogP contribution in [0.5, 0.6) is 0 Å². The molecule has 0 aromatic carbocycles. The predicted molar refractivity (Wildman–Crippen MR) is 47.8 cm³/mol. The van der Waals surface area contributed by atoms with Crippen molar-refractivity contribution in [3.63, 3.8) is 0 Å². The zero-order valence-corrected chi connectivity index (χ0v) is 7.91. The van der Waals surface area contributed by atoms with Gasteiger partial charge in [0.25, 0.3) is 0 Å². The lowest BCUT2D eigenvalue weighted by atomic mass is 10.0. The van der Waals surface area contributed by atoms with Crippen molar-refractivity contribution < 1.29 is 0 Å². The molecule has 2 unspecified atom stereocenters. The van der Waals surface area contributed by atoms with Crippen molar-refractivity contribution in [1.82, 2.24) is 0 Å². The minimum Gasteiger partial charge on any atom is -0.125 e. The third-order valence-electron chi connectivity index (χ3n) is 1.77. The molecule has 0 amide bonds. The van der Waals surface area contributed by atoms with Crippen molar-refractivity contribution >= 4 is 8.58 Å². The normalized spacial score (nSPS) is 15.0.